The Morgan fingerprint density at radius 1 is 1.75 bits per heavy atom. The highest BCUT2D eigenvalue weighted by Gasteiger charge is 2.43. The zero-order chi connectivity index (χ0) is 8.55. The molecule has 12 heavy (non-hydrogen) atoms. The first kappa shape index (κ1) is 7.80. The molecule has 1 N–H and O–H groups in total. The standard InChI is InChI=1S/C9H11NOS/c1-10-9(11)7-5-6(7)8-3-2-4-12-8/h2-4,6-7H,5H2,1H3,(H,10,11)/t6-,7+/m0/s1. The first-order valence-electron chi connectivity index (χ1n) is 4.08. The highest BCUT2D eigenvalue weighted by atomic mass is 32.1. The molecular formula is C9H11NOS. The molecule has 0 spiro atoms. The lowest BCUT2D eigenvalue weighted by Gasteiger charge is -1.95. The Bertz CT molecular complexity index is 281. The van der Waals surface area contributed by atoms with Crippen molar-refractivity contribution in [1.82, 2.24) is 5.32 Å². The summed E-state index contributed by atoms with van der Waals surface area (Å²) >= 11 is 1.75. The summed E-state index contributed by atoms with van der Waals surface area (Å²) in [5, 5.41) is 4.75. The topological polar surface area (TPSA) is 29.1 Å². The molecule has 1 aromatic heterocycles. The molecule has 3 heteroatoms. The van der Waals surface area contributed by atoms with Gasteiger partial charge in [-0.25, -0.2) is 0 Å². The minimum Gasteiger partial charge on any atom is -0.359 e. The summed E-state index contributed by atoms with van der Waals surface area (Å²) in [5.74, 6) is 0.937. The largest absolute Gasteiger partial charge is 0.359 e. The maximum atomic E-state index is 11.2. The molecule has 0 unspecified atom stereocenters. The average Bonchev–Trinajstić information content (AvgIpc) is 2.71. The van der Waals surface area contributed by atoms with Crippen molar-refractivity contribution in [3.63, 3.8) is 0 Å². The molecule has 0 aliphatic heterocycles. The Labute approximate surface area is 75.6 Å². The number of carbonyl (C=O) groups excluding carboxylic acids is 1. The van der Waals surface area contributed by atoms with Gasteiger partial charge in [-0.15, -0.1) is 11.3 Å². The number of rotatable bonds is 2. The molecular weight excluding hydrogens is 170 g/mol. The fourth-order valence-corrected chi connectivity index (χ4v) is 2.39. The van der Waals surface area contributed by atoms with Gasteiger partial charge in [0.05, 0.1) is 0 Å². The van der Waals surface area contributed by atoms with Crippen LogP contribution in [-0.2, 0) is 4.79 Å². The third-order valence-electron chi connectivity index (χ3n) is 2.28. The summed E-state index contributed by atoms with van der Waals surface area (Å²) in [5.41, 5.74) is 0. The number of hydrogen-bond acceptors (Lipinski definition) is 2. The van der Waals surface area contributed by atoms with Gasteiger partial charge in [-0.1, -0.05) is 6.07 Å². The van der Waals surface area contributed by atoms with E-state index in [1.165, 1.54) is 4.88 Å². The number of carbonyl (C=O) groups is 1. The van der Waals surface area contributed by atoms with Crippen molar-refractivity contribution in [1.29, 1.82) is 0 Å². The molecule has 1 amide bonds. The molecule has 0 bridgehead atoms. The second-order valence-electron chi connectivity index (χ2n) is 3.08. The van der Waals surface area contributed by atoms with Crippen molar-refractivity contribution in [3.8, 4) is 0 Å². The molecule has 1 aromatic rings. The molecule has 0 aromatic carbocycles. The highest BCUT2D eigenvalue weighted by Crippen LogP contribution is 2.48. The first-order chi connectivity index (χ1) is 5.83. The summed E-state index contributed by atoms with van der Waals surface area (Å²) in [6, 6.07) is 4.15. The summed E-state index contributed by atoms with van der Waals surface area (Å²) < 4.78 is 0. The van der Waals surface area contributed by atoms with E-state index in [0.29, 0.717) is 5.92 Å². The maximum absolute atomic E-state index is 11.2. The van der Waals surface area contributed by atoms with Gasteiger partial charge in [0.25, 0.3) is 0 Å². The van der Waals surface area contributed by atoms with E-state index in [9.17, 15) is 4.79 Å². The van der Waals surface area contributed by atoms with Crippen LogP contribution < -0.4 is 5.32 Å². The van der Waals surface area contributed by atoms with Crippen molar-refractivity contribution in [2.45, 2.75) is 12.3 Å². The lowest BCUT2D eigenvalue weighted by Crippen LogP contribution is -2.20. The van der Waals surface area contributed by atoms with Crippen molar-refractivity contribution >= 4 is 17.2 Å². The highest BCUT2D eigenvalue weighted by molar-refractivity contribution is 7.10. The van der Waals surface area contributed by atoms with Crippen LogP contribution in [0.1, 0.15) is 17.2 Å². The third-order valence-corrected chi connectivity index (χ3v) is 3.29. The van der Waals surface area contributed by atoms with Crippen molar-refractivity contribution < 1.29 is 4.79 Å². The Hall–Kier alpha value is -0.830. The Morgan fingerprint density at radius 3 is 3.17 bits per heavy atom. The monoisotopic (exact) mass is 181 g/mol. The summed E-state index contributed by atoms with van der Waals surface area (Å²) in [7, 11) is 1.70. The van der Waals surface area contributed by atoms with Crippen LogP contribution in [0.15, 0.2) is 17.5 Å². The molecule has 1 aliphatic rings. The van der Waals surface area contributed by atoms with Crippen LogP contribution in [0.4, 0.5) is 0 Å². The molecule has 2 rings (SSSR count). The van der Waals surface area contributed by atoms with Crippen LogP contribution in [0.5, 0.6) is 0 Å². The van der Waals surface area contributed by atoms with E-state index >= 15 is 0 Å². The van der Waals surface area contributed by atoms with Crippen LogP contribution in [0, 0.1) is 5.92 Å². The fraction of sp³-hybridized carbons (Fsp3) is 0.444. The second-order valence-corrected chi connectivity index (χ2v) is 4.06. The van der Waals surface area contributed by atoms with E-state index in [2.05, 4.69) is 16.8 Å². The predicted octanol–water partition coefficient (Wildman–Crippen LogP) is 1.60. The summed E-state index contributed by atoms with van der Waals surface area (Å²) in [4.78, 5) is 12.5. The van der Waals surface area contributed by atoms with Crippen molar-refractivity contribution in [2.75, 3.05) is 7.05 Å². The Balaban J connectivity index is 2.01. The van der Waals surface area contributed by atoms with Crippen LogP contribution >= 0.6 is 11.3 Å². The SMILES string of the molecule is CNC(=O)[C@@H]1C[C@@H]1c1cccs1. The van der Waals surface area contributed by atoms with Gasteiger partial charge in [0.15, 0.2) is 0 Å². The number of hydrogen-bond donors (Lipinski definition) is 1. The van der Waals surface area contributed by atoms with Gasteiger partial charge in [-0.05, 0) is 17.9 Å². The van der Waals surface area contributed by atoms with Gasteiger partial charge in [0.1, 0.15) is 0 Å². The Kier molecular flexibility index (Phi) is 1.89. The quantitative estimate of drug-likeness (QED) is 0.737. The summed E-state index contributed by atoms with van der Waals surface area (Å²) in [6.07, 6.45) is 1.03. The number of thiophene rings is 1. The van der Waals surface area contributed by atoms with Gasteiger partial charge in [0, 0.05) is 23.8 Å². The molecule has 0 radical (unpaired) electrons. The van der Waals surface area contributed by atoms with E-state index < -0.39 is 0 Å². The number of nitrogens with one attached hydrogen (secondary N) is 1. The molecule has 64 valence electrons. The van der Waals surface area contributed by atoms with Gasteiger partial charge >= 0.3 is 0 Å². The second kappa shape index (κ2) is 2.90. The fourth-order valence-electron chi connectivity index (χ4n) is 1.49. The first-order valence-corrected chi connectivity index (χ1v) is 4.96. The minimum atomic E-state index is 0.188. The van der Waals surface area contributed by atoms with Crippen LogP contribution in [0.25, 0.3) is 0 Å². The molecule has 2 nitrogen and oxygen atoms in total. The maximum Gasteiger partial charge on any atom is 0.223 e. The molecule has 2 atom stereocenters. The van der Waals surface area contributed by atoms with E-state index in [0.717, 1.165) is 6.42 Å². The molecule has 0 saturated heterocycles. The van der Waals surface area contributed by atoms with Crippen LogP contribution in [0.3, 0.4) is 0 Å². The predicted molar refractivity (Wildman–Crippen MR) is 49.2 cm³/mol. The molecule has 1 fully saturated rings. The van der Waals surface area contributed by atoms with E-state index in [4.69, 9.17) is 0 Å². The normalized spacial score (nSPS) is 26.8. The van der Waals surface area contributed by atoms with Gasteiger partial charge in [-0.3, -0.25) is 4.79 Å². The third kappa shape index (κ3) is 1.25. The van der Waals surface area contributed by atoms with Gasteiger partial charge < -0.3 is 5.32 Å². The lowest BCUT2D eigenvalue weighted by molar-refractivity contribution is -0.121. The lowest BCUT2D eigenvalue weighted by atomic mass is 10.2. The van der Waals surface area contributed by atoms with Gasteiger partial charge in [-0.2, -0.15) is 0 Å². The molecule has 1 heterocycles. The van der Waals surface area contributed by atoms with Crippen molar-refractivity contribution in [3.05, 3.63) is 22.4 Å². The van der Waals surface area contributed by atoms with Crippen LogP contribution in [-0.4, -0.2) is 13.0 Å². The van der Waals surface area contributed by atoms with Crippen LogP contribution in [0.2, 0.25) is 0 Å². The molecule has 1 aliphatic carbocycles. The van der Waals surface area contributed by atoms with E-state index in [1.807, 2.05) is 6.07 Å². The summed E-state index contributed by atoms with van der Waals surface area (Å²) in [6.45, 7) is 0. The number of amides is 1. The smallest absolute Gasteiger partial charge is 0.223 e. The van der Waals surface area contributed by atoms with Gasteiger partial charge in [0.2, 0.25) is 5.91 Å². The van der Waals surface area contributed by atoms with E-state index in [1.54, 1.807) is 18.4 Å². The van der Waals surface area contributed by atoms with Crippen molar-refractivity contribution in [2.24, 2.45) is 5.92 Å². The molecule has 1 saturated carbocycles. The zero-order valence-corrected chi connectivity index (χ0v) is 7.73. The van der Waals surface area contributed by atoms with E-state index in [-0.39, 0.29) is 11.8 Å². The zero-order valence-electron chi connectivity index (χ0n) is 6.91. The Morgan fingerprint density at radius 2 is 2.58 bits per heavy atom. The average molecular weight is 181 g/mol. The minimum absolute atomic E-state index is 0.188.